The molecule has 0 fully saturated rings. The number of ether oxygens (including phenoxy) is 2. The largest absolute Gasteiger partial charge is 0.491 e. The van der Waals surface area contributed by atoms with Crippen molar-refractivity contribution in [3.8, 4) is 5.75 Å². The van der Waals surface area contributed by atoms with Gasteiger partial charge < -0.3 is 28.4 Å². The van der Waals surface area contributed by atoms with Crippen molar-refractivity contribution in [3.05, 3.63) is 63.1 Å². The third kappa shape index (κ3) is 6.63. The second-order valence-electron chi connectivity index (χ2n) is 9.40. The fourth-order valence-corrected chi connectivity index (χ4v) is 5.74. The van der Waals surface area contributed by atoms with E-state index in [0.29, 0.717) is 6.07 Å². The third-order valence-corrected chi connectivity index (χ3v) is 8.48. The molecule has 0 aliphatic carbocycles. The molecule has 1 unspecified atom stereocenters. The number of aromatic nitrogens is 1. The van der Waals surface area contributed by atoms with Gasteiger partial charge >= 0.3 is 7.60 Å². The van der Waals surface area contributed by atoms with Crippen LogP contribution in [0.1, 0.15) is 54.1 Å². The maximum absolute atomic E-state index is 14.0. The molecule has 0 saturated heterocycles. The molecule has 0 bridgehead atoms. The summed E-state index contributed by atoms with van der Waals surface area (Å²) in [6, 6.07) is 2.92. The zero-order valence-electron chi connectivity index (χ0n) is 22.5. The van der Waals surface area contributed by atoms with Gasteiger partial charge in [-0.25, -0.2) is 8.78 Å². The van der Waals surface area contributed by atoms with E-state index in [0.717, 1.165) is 6.07 Å². The van der Waals surface area contributed by atoms with Crippen LogP contribution in [-0.4, -0.2) is 55.5 Å². The van der Waals surface area contributed by atoms with Crippen LogP contribution in [0.15, 0.2) is 29.2 Å². The number of halogens is 2. The Labute approximate surface area is 225 Å². The molecule has 214 valence electrons. The first-order valence-electron chi connectivity index (χ1n) is 12.5. The lowest BCUT2D eigenvalue weighted by Gasteiger charge is -2.39. The second-order valence-corrected chi connectivity index (χ2v) is 11.6. The number of nitrogens with one attached hydrogen (secondary N) is 1. The van der Waals surface area contributed by atoms with E-state index in [9.17, 15) is 27.7 Å². The lowest BCUT2D eigenvalue weighted by Crippen LogP contribution is -2.49. The van der Waals surface area contributed by atoms with E-state index >= 15 is 0 Å². The van der Waals surface area contributed by atoms with Crippen molar-refractivity contribution < 1.29 is 41.5 Å². The first kappa shape index (κ1) is 30.6. The summed E-state index contributed by atoms with van der Waals surface area (Å²) < 4.78 is 63.2. The highest BCUT2D eigenvalue weighted by atomic mass is 31.2. The van der Waals surface area contributed by atoms with E-state index in [1.54, 1.807) is 27.7 Å². The number of nitrogens with zero attached hydrogens (tertiary/aromatic N) is 1. The molecule has 3 rings (SSSR count). The van der Waals surface area contributed by atoms with Crippen molar-refractivity contribution in [1.82, 2.24) is 9.88 Å². The van der Waals surface area contributed by atoms with Gasteiger partial charge in [0.05, 0.1) is 51.2 Å². The number of fused-ring (bicyclic) bond motifs is 1. The Morgan fingerprint density at radius 1 is 1.18 bits per heavy atom. The molecule has 1 amide bonds. The minimum Gasteiger partial charge on any atom is -0.491 e. The lowest BCUT2D eigenvalue weighted by atomic mass is 9.77. The first-order valence-corrected chi connectivity index (χ1v) is 14.2. The Morgan fingerprint density at radius 2 is 1.85 bits per heavy atom. The fraction of sp³-hybridized carbons (Fsp3) is 0.500. The normalized spacial score (nSPS) is 16.6. The summed E-state index contributed by atoms with van der Waals surface area (Å²) in [7, 11) is -2.15. The van der Waals surface area contributed by atoms with Gasteiger partial charge in [-0.2, -0.15) is 0 Å². The summed E-state index contributed by atoms with van der Waals surface area (Å²) in [5.74, 6) is -3.18. The standard InChI is InChI=1S/C26H33F2N2O8P/c1-6-37-39(34,38-7-2)11-10-36-20-15-30-14-18(22(31)23(35-5)21(30)24(32)26(20,3)4)25(33)29-13-16-8-9-17(27)12-19(16)28/h8-9,12,14,20H,6-7,10-11,13,15H2,1-5H3,(H,29,33). The molecule has 0 spiro atoms. The number of hydrogen-bond donors (Lipinski definition) is 1. The number of pyridine rings is 1. The second kappa shape index (κ2) is 12.5. The van der Waals surface area contributed by atoms with E-state index in [1.165, 1.54) is 23.9 Å². The number of amides is 1. The number of rotatable bonds is 12. The number of methoxy groups -OCH3 is 1. The van der Waals surface area contributed by atoms with Crippen molar-refractivity contribution in [2.45, 2.75) is 46.9 Å². The monoisotopic (exact) mass is 570 g/mol. The van der Waals surface area contributed by atoms with E-state index in [-0.39, 0.29) is 61.6 Å². The Morgan fingerprint density at radius 3 is 2.44 bits per heavy atom. The van der Waals surface area contributed by atoms with Crippen LogP contribution in [0.3, 0.4) is 0 Å². The van der Waals surface area contributed by atoms with Gasteiger partial charge in [-0.15, -0.1) is 0 Å². The molecule has 10 nitrogen and oxygen atoms in total. The highest BCUT2D eigenvalue weighted by Crippen LogP contribution is 2.48. The fourth-order valence-electron chi connectivity index (χ4n) is 4.29. The molecular weight excluding hydrogens is 537 g/mol. The van der Waals surface area contributed by atoms with Crippen LogP contribution in [0.4, 0.5) is 8.78 Å². The van der Waals surface area contributed by atoms with Gasteiger partial charge in [0.25, 0.3) is 5.91 Å². The van der Waals surface area contributed by atoms with Crippen molar-refractivity contribution in [2.24, 2.45) is 5.41 Å². The van der Waals surface area contributed by atoms with Gasteiger partial charge in [-0.3, -0.25) is 18.9 Å². The molecule has 13 heteroatoms. The highest BCUT2D eigenvalue weighted by molar-refractivity contribution is 7.53. The summed E-state index contributed by atoms with van der Waals surface area (Å²) in [6.07, 6.45) is 0.486. The quantitative estimate of drug-likeness (QED) is 0.381. The van der Waals surface area contributed by atoms with E-state index < -0.39 is 47.9 Å². The molecule has 1 aromatic carbocycles. The molecule has 2 heterocycles. The molecule has 1 atom stereocenters. The van der Waals surface area contributed by atoms with Crippen LogP contribution in [0.5, 0.6) is 5.75 Å². The number of ketones is 1. The number of carbonyl (C=O) groups is 2. The SMILES string of the molecule is CCOP(=O)(CCOC1Cn2cc(C(=O)NCc3ccc(F)cc3F)c(=O)c(OC)c2C(=O)C1(C)C)OCC. The van der Waals surface area contributed by atoms with Gasteiger partial charge in [0.2, 0.25) is 5.43 Å². The molecule has 0 radical (unpaired) electrons. The van der Waals surface area contributed by atoms with Crippen molar-refractivity contribution in [2.75, 3.05) is 33.1 Å². The molecule has 1 aliphatic rings. The zero-order chi connectivity index (χ0) is 29.0. The summed E-state index contributed by atoms with van der Waals surface area (Å²) in [5, 5.41) is 2.44. The van der Waals surface area contributed by atoms with Crippen molar-refractivity contribution in [1.29, 1.82) is 0 Å². The van der Waals surface area contributed by atoms with E-state index in [2.05, 4.69) is 5.32 Å². The van der Waals surface area contributed by atoms with Crippen molar-refractivity contribution in [3.63, 3.8) is 0 Å². The molecular formula is C26H33F2N2O8P. The smallest absolute Gasteiger partial charge is 0.332 e. The zero-order valence-corrected chi connectivity index (χ0v) is 23.4. The maximum Gasteiger partial charge on any atom is 0.332 e. The highest BCUT2D eigenvalue weighted by Gasteiger charge is 2.46. The van der Waals surface area contributed by atoms with Crippen molar-refractivity contribution >= 4 is 19.3 Å². The summed E-state index contributed by atoms with van der Waals surface area (Å²) in [5.41, 5.74) is -2.22. The van der Waals surface area contributed by atoms with Crippen LogP contribution in [0.25, 0.3) is 0 Å². The number of Topliss-reactive ketones (excluding diaryl/α,β-unsaturated/α-hetero) is 1. The Bertz CT molecular complexity index is 1330. The maximum atomic E-state index is 14.0. The summed E-state index contributed by atoms with van der Waals surface area (Å²) in [4.78, 5) is 39.5. The average Bonchev–Trinajstić information content (AvgIpc) is 2.86. The van der Waals surface area contributed by atoms with Crippen LogP contribution < -0.4 is 15.5 Å². The summed E-state index contributed by atoms with van der Waals surface area (Å²) >= 11 is 0. The van der Waals surface area contributed by atoms with Crippen LogP contribution >= 0.6 is 7.60 Å². The predicted octanol–water partition coefficient (Wildman–Crippen LogP) is 3.94. The van der Waals surface area contributed by atoms with Gasteiger partial charge in [0.15, 0.2) is 11.5 Å². The average molecular weight is 571 g/mol. The number of benzene rings is 1. The molecule has 1 N–H and O–H groups in total. The van der Waals surface area contributed by atoms with Gasteiger partial charge in [-0.1, -0.05) is 6.07 Å². The third-order valence-electron chi connectivity index (χ3n) is 6.44. The molecule has 2 aromatic rings. The van der Waals surface area contributed by atoms with E-state index in [4.69, 9.17) is 18.5 Å². The van der Waals surface area contributed by atoms with Crippen LogP contribution in [0.2, 0.25) is 0 Å². The minimum atomic E-state index is -3.37. The van der Waals surface area contributed by atoms with Gasteiger partial charge in [0.1, 0.15) is 22.9 Å². The van der Waals surface area contributed by atoms with Crippen LogP contribution in [-0.2, 0) is 31.4 Å². The Kier molecular flexibility index (Phi) is 9.82. The molecule has 1 aliphatic heterocycles. The topological polar surface area (TPSA) is 122 Å². The predicted molar refractivity (Wildman–Crippen MR) is 138 cm³/mol. The minimum absolute atomic E-state index is 0.0113. The van der Waals surface area contributed by atoms with Crippen LogP contribution in [0, 0.1) is 17.0 Å². The number of hydrogen-bond acceptors (Lipinski definition) is 8. The molecule has 1 aromatic heterocycles. The van der Waals surface area contributed by atoms with E-state index in [1.807, 2.05) is 0 Å². The summed E-state index contributed by atoms with van der Waals surface area (Å²) in [6.45, 7) is 6.87. The molecule has 39 heavy (non-hydrogen) atoms. The lowest BCUT2D eigenvalue weighted by molar-refractivity contribution is -0.0282. The first-order chi connectivity index (χ1) is 18.4. The molecule has 0 saturated carbocycles. The Balaban J connectivity index is 1.87. The van der Waals surface area contributed by atoms with Gasteiger partial charge in [-0.05, 0) is 33.8 Å². The Hall–Kier alpha value is -2.92. The van der Waals surface area contributed by atoms with Gasteiger partial charge in [0, 0.05) is 24.4 Å². The number of carbonyl (C=O) groups excluding carboxylic acids is 2.